The summed E-state index contributed by atoms with van der Waals surface area (Å²) in [6.45, 7) is 10.6. The van der Waals surface area contributed by atoms with Crippen molar-refractivity contribution in [3.8, 4) is 0 Å². The van der Waals surface area contributed by atoms with E-state index in [0.29, 0.717) is 6.42 Å². The molecule has 0 aromatic rings. The number of ether oxygens (including phenoxy) is 2. The standard InChI is InChI=1S/C15H29NO5/c1-11(18)20-10-15(5,6)8-12(9-17)16(7)13(19)21-14(2,3)4/h12,17H,8-10H2,1-7H3/t12-/m0/s1. The van der Waals surface area contributed by atoms with Gasteiger partial charge in [0.2, 0.25) is 0 Å². The lowest BCUT2D eigenvalue weighted by atomic mass is 9.86. The Bertz CT molecular complexity index is 360. The summed E-state index contributed by atoms with van der Waals surface area (Å²) in [4.78, 5) is 24.3. The van der Waals surface area contributed by atoms with Gasteiger partial charge in [0.25, 0.3) is 0 Å². The number of amides is 1. The molecule has 6 nitrogen and oxygen atoms in total. The van der Waals surface area contributed by atoms with Gasteiger partial charge in [0.15, 0.2) is 0 Å². The van der Waals surface area contributed by atoms with Crippen molar-refractivity contribution >= 4 is 12.1 Å². The Morgan fingerprint density at radius 2 is 1.71 bits per heavy atom. The first kappa shape index (κ1) is 19.7. The molecule has 0 bridgehead atoms. The molecule has 6 heteroatoms. The van der Waals surface area contributed by atoms with Gasteiger partial charge in [0, 0.05) is 19.4 Å². The fourth-order valence-corrected chi connectivity index (χ4v) is 1.80. The summed E-state index contributed by atoms with van der Waals surface area (Å²) in [5, 5.41) is 9.53. The molecule has 0 rings (SSSR count). The number of carbonyl (C=O) groups excluding carboxylic acids is 2. The van der Waals surface area contributed by atoms with Crippen molar-refractivity contribution in [3.63, 3.8) is 0 Å². The van der Waals surface area contributed by atoms with Crippen LogP contribution in [0.3, 0.4) is 0 Å². The van der Waals surface area contributed by atoms with E-state index in [1.54, 1.807) is 27.8 Å². The highest BCUT2D eigenvalue weighted by atomic mass is 16.6. The molecule has 0 saturated heterocycles. The number of likely N-dealkylation sites (N-methyl/N-ethyl adjacent to an activating group) is 1. The van der Waals surface area contributed by atoms with Gasteiger partial charge in [-0.15, -0.1) is 0 Å². The molecule has 0 saturated carbocycles. The smallest absolute Gasteiger partial charge is 0.410 e. The zero-order valence-electron chi connectivity index (χ0n) is 14.2. The molecule has 1 N–H and O–H groups in total. The molecule has 1 atom stereocenters. The molecule has 0 radical (unpaired) electrons. The summed E-state index contributed by atoms with van der Waals surface area (Å²) in [6, 6.07) is -0.398. The van der Waals surface area contributed by atoms with Crippen LogP contribution < -0.4 is 0 Å². The van der Waals surface area contributed by atoms with Crippen LogP contribution in [-0.4, -0.2) is 54.0 Å². The van der Waals surface area contributed by atoms with Crippen LogP contribution in [0.15, 0.2) is 0 Å². The Morgan fingerprint density at radius 3 is 2.10 bits per heavy atom. The fourth-order valence-electron chi connectivity index (χ4n) is 1.80. The number of carbonyl (C=O) groups is 2. The zero-order valence-corrected chi connectivity index (χ0v) is 14.2. The number of nitrogens with zero attached hydrogens (tertiary/aromatic N) is 1. The van der Waals surface area contributed by atoms with Crippen molar-refractivity contribution < 1.29 is 24.2 Å². The van der Waals surface area contributed by atoms with Gasteiger partial charge in [-0.05, 0) is 27.2 Å². The third kappa shape index (κ3) is 8.55. The van der Waals surface area contributed by atoms with E-state index in [9.17, 15) is 14.7 Å². The summed E-state index contributed by atoms with van der Waals surface area (Å²) in [6.07, 6.45) is 0.0109. The number of rotatable bonds is 6. The monoisotopic (exact) mass is 303 g/mol. The van der Waals surface area contributed by atoms with E-state index in [1.165, 1.54) is 11.8 Å². The molecule has 0 aromatic carbocycles. The summed E-state index contributed by atoms with van der Waals surface area (Å²) >= 11 is 0. The second kappa shape index (κ2) is 7.64. The summed E-state index contributed by atoms with van der Waals surface area (Å²) in [5.41, 5.74) is -0.937. The van der Waals surface area contributed by atoms with Crippen LogP contribution in [0.5, 0.6) is 0 Å². The Labute approximate surface area is 127 Å². The highest BCUT2D eigenvalue weighted by Crippen LogP contribution is 2.25. The molecule has 0 aliphatic carbocycles. The van der Waals surface area contributed by atoms with Gasteiger partial charge in [0.05, 0.1) is 19.3 Å². The van der Waals surface area contributed by atoms with Gasteiger partial charge >= 0.3 is 12.1 Å². The molecule has 0 aliphatic rings. The van der Waals surface area contributed by atoms with Crippen molar-refractivity contribution in [2.75, 3.05) is 20.3 Å². The molecule has 0 fully saturated rings. The zero-order chi connectivity index (χ0) is 16.8. The van der Waals surface area contributed by atoms with Crippen molar-refractivity contribution in [1.82, 2.24) is 4.90 Å². The molecule has 0 heterocycles. The van der Waals surface area contributed by atoms with E-state index in [0.717, 1.165) is 0 Å². The number of esters is 1. The predicted octanol–water partition coefficient (Wildman–Crippen LogP) is 2.19. The average molecular weight is 303 g/mol. The molecular weight excluding hydrogens is 274 g/mol. The van der Waals surface area contributed by atoms with Crippen molar-refractivity contribution in [2.45, 2.75) is 59.6 Å². The van der Waals surface area contributed by atoms with Gasteiger partial charge in [-0.2, -0.15) is 0 Å². The molecule has 21 heavy (non-hydrogen) atoms. The first-order chi connectivity index (χ1) is 9.38. The lowest BCUT2D eigenvalue weighted by Crippen LogP contribution is -2.45. The number of aliphatic hydroxyl groups is 1. The molecule has 0 unspecified atom stereocenters. The summed E-state index contributed by atoms with van der Waals surface area (Å²) in [7, 11) is 1.59. The Hall–Kier alpha value is -1.30. The molecule has 124 valence electrons. The van der Waals surface area contributed by atoms with Crippen LogP contribution in [0.4, 0.5) is 4.79 Å². The second-order valence-corrected chi connectivity index (χ2v) is 7.08. The third-order valence-corrected chi connectivity index (χ3v) is 2.89. The van der Waals surface area contributed by atoms with Crippen LogP contribution in [0.2, 0.25) is 0 Å². The van der Waals surface area contributed by atoms with Crippen LogP contribution in [-0.2, 0) is 14.3 Å². The topological polar surface area (TPSA) is 76.1 Å². The minimum Gasteiger partial charge on any atom is -0.465 e. The van der Waals surface area contributed by atoms with Gasteiger partial charge < -0.3 is 19.5 Å². The molecule has 1 amide bonds. The van der Waals surface area contributed by atoms with Gasteiger partial charge in [-0.1, -0.05) is 13.8 Å². The third-order valence-electron chi connectivity index (χ3n) is 2.89. The van der Waals surface area contributed by atoms with Gasteiger partial charge in [0.1, 0.15) is 5.60 Å². The van der Waals surface area contributed by atoms with Crippen molar-refractivity contribution in [3.05, 3.63) is 0 Å². The SMILES string of the molecule is CC(=O)OCC(C)(C)C[C@@H](CO)N(C)C(=O)OC(C)(C)C. The molecule has 0 aromatic heterocycles. The highest BCUT2D eigenvalue weighted by Gasteiger charge is 2.30. The Balaban J connectivity index is 4.68. The maximum atomic E-state index is 12.0. The normalized spacial score (nSPS) is 13.5. The minimum absolute atomic E-state index is 0.181. The van der Waals surface area contributed by atoms with Crippen molar-refractivity contribution in [1.29, 1.82) is 0 Å². The summed E-state index contributed by atoms with van der Waals surface area (Å²) in [5.74, 6) is -0.343. The van der Waals surface area contributed by atoms with Crippen LogP contribution in [0, 0.1) is 5.41 Å². The first-order valence-electron chi connectivity index (χ1n) is 7.08. The minimum atomic E-state index is -0.585. The van der Waals surface area contributed by atoms with E-state index >= 15 is 0 Å². The van der Waals surface area contributed by atoms with Crippen LogP contribution >= 0.6 is 0 Å². The molecular formula is C15H29NO5. The maximum absolute atomic E-state index is 12.0. The van der Waals surface area contributed by atoms with E-state index in [1.807, 2.05) is 13.8 Å². The summed E-state index contributed by atoms with van der Waals surface area (Å²) < 4.78 is 10.3. The number of hydrogen-bond donors (Lipinski definition) is 1. The van der Waals surface area contributed by atoms with Crippen LogP contribution in [0.25, 0.3) is 0 Å². The van der Waals surface area contributed by atoms with Gasteiger partial charge in [-0.25, -0.2) is 4.79 Å². The lowest BCUT2D eigenvalue weighted by Gasteiger charge is -2.34. The fraction of sp³-hybridized carbons (Fsp3) is 0.867. The van der Waals surface area contributed by atoms with Gasteiger partial charge in [-0.3, -0.25) is 4.79 Å². The molecule has 0 aliphatic heterocycles. The van der Waals surface area contributed by atoms with E-state index in [2.05, 4.69) is 0 Å². The Kier molecular flexibility index (Phi) is 7.16. The highest BCUT2D eigenvalue weighted by molar-refractivity contribution is 5.68. The Morgan fingerprint density at radius 1 is 1.19 bits per heavy atom. The number of hydrogen-bond acceptors (Lipinski definition) is 5. The second-order valence-electron chi connectivity index (χ2n) is 7.08. The lowest BCUT2D eigenvalue weighted by molar-refractivity contribution is -0.144. The molecule has 0 spiro atoms. The van der Waals surface area contributed by atoms with E-state index < -0.39 is 17.7 Å². The number of aliphatic hydroxyl groups excluding tert-OH is 1. The first-order valence-corrected chi connectivity index (χ1v) is 7.08. The largest absolute Gasteiger partial charge is 0.465 e. The van der Waals surface area contributed by atoms with E-state index in [4.69, 9.17) is 9.47 Å². The van der Waals surface area contributed by atoms with Crippen molar-refractivity contribution in [2.24, 2.45) is 5.41 Å². The predicted molar refractivity (Wildman–Crippen MR) is 79.9 cm³/mol. The quantitative estimate of drug-likeness (QED) is 0.761. The maximum Gasteiger partial charge on any atom is 0.410 e. The van der Waals surface area contributed by atoms with Crippen LogP contribution in [0.1, 0.15) is 48.0 Å². The van der Waals surface area contributed by atoms with E-state index in [-0.39, 0.29) is 24.6 Å². The average Bonchev–Trinajstić information content (AvgIpc) is 2.30.